The van der Waals surface area contributed by atoms with Crippen LogP contribution in [-0.2, 0) is 0 Å². The van der Waals surface area contributed by atoms with E-state index in [-0.39, 0.29) is 33.3 Å². The molecule has 2 aromatic heterocycles. The first-order valence-corrected chi connectivity index (χ1v) is 12.1. The number of aryl methyl sites for hydroxylation is 1. The Morgan fingerprint density at radius 2 is 1.89 bits per heavy atom. The van der Waals surface area contributed by atoms with Crippen LogP contribution in [0.15, 0.2) is 36.5 Å². The summed E-state index contributed by atoms with van der Waals surface area (Å²) < 4.78 is 43.6. The van der Waals surface area contributed by atoms with Gasteiger partial charge in [0.15, 0.2) is 17.5 Å². The Labute approximate surface area is 230 Å². The highest BCUT2D eigenvalue weighted by molar-refractivity contribution is 7.80. The summed E-state index contributed by atoms with van der Waals surface area (Å²) in [6.07, 6.45) is -3.27. The van der Waals surface area contributed by atoms with Crippen molar-refractivity contribution in [3.63, 3.8) is 0 Å². The molecule has 2 amide bonds. The molecule has 3 aromatic rings. The van der Waals surface area contributed by atoms with Gasteiger partial charge in [-0.25, -0.2) is 9.67 Å². The molecule has 9 nitrogen and oxygen atoms in total. The van der Waals surface area contributed by atoms with Gasteiger partial charge in [0.25, 0.3) is 11.8 Å². The number of amides is 2. The van der Waals surface area contributed by atoms with Crippen LogP contribution in [0.1, 0.15) is 40.3 Å². The quantitative estimate of drug-likeness (QED) is 0.330. The van der Waals surface area contributed by atoms with Gasteiger partial charge in [-0.05, 0) is 62.8 Å². The van der Waals surface area contributed by atoms with Crippen LogP contribution in [0.5, 0.6) is 5.88 Å². The molecule has 0 bridgehead atoms. The lowest BCUT2D eigenvalue weighted by atomic mass is 10.1. The van der Waals surface area contributed by atoms with E-state index in [1.165, 1.54) is 24.4 Å². The lowest BCUT2D eigenvalue weighted by Gasteiger charge is -2.17. The molecule has 0 aliphatic rings. The molecule has 0 atom stereocenters. The minimum absolute atomic E-state index is 0.0266. The molecule has 0 spiro atoms. The number of halogens is 5. The molecule has 3 rings (SSSR count). The van der Waals surface area contributed by atoms with E-state index in [2.05, 4.69) is 26.0 Å². The van der Waals surface area contributed by atoms with E-state index in [9.17, 15) is 22.8 Å². The van der Waals surface area contributed by atoms with Crippen molar-refractivity contribution >= 4 is 58.0 Å². The summed E-state index contributed by atoms with van der Waals surface area (Å²) in [5.41, 5.74) is 0.787. The number of pyridine rings is 1. The van der Waals surface area contributed by atoms with Gasteiger partial charge in [-0.3, -0.25) is 14.9 Å². The molecule has 0 saturated heterocycles. The molecular weight excluding hydrogens is 568 g/mol. The van der Waals surface area contributed by atoms with Gasteiger partial charge < -0.3 is 15.4 Å². The Morgan fingerprint density at radius 3 is 2.53 bits per heavy atom. The smallest absolute Gasteiger partial charge is 0.422 e. The van der Waals surface area contributed by atoms with Crippen molar-refractivity contribution in [2.75, 3.05) is 11.9 Å². The van der Waals surface area contributed by atoms with Crippen LogP contribution >= 0.6 is 35.4 Å². The number of ether oxygens (including phenoxy) is 1. The first kappa shape index (κ1) is 29.1. The van der Waals surface area contributed by atoms with Crippen LogP contribution < -0.4 is 20.7 Å². The number of rotatable bonds is 7. The Hall–Kier alpha value is -3.42. The van der Waals surface area contributed by atoms with E-state index in [1.54, 1.807) is 26.8 Å². The first-order chi connectivity index (χ1) is 17.7. The van der Waals surface area contributed by atoms with E-state index in [0.29, 0.717) is 16.3 Å². The van der Waals surface area contributed by atoms with Crippen molar-refractivity contribution in [1.82, 2.24) is 25.4 Å². The molecule has 1 aromatic carbocycles. The van der Waals surface area contributed by atoms with Crippen LogP contribution in [0.3, 0.4) is 0 Å². The minimum Gasteiger partial charge on any atom is -0.467 e. The second-order valence-electron chi connectivity index (χ2n) is 8.17. The molecule has 0 radical (unpaired) electrons. The van der Waals surface area contributed by atoms with E-state index < -0.39 is 30.5 Å². The fourth-order valence-electron chi connectivity index (χ4n) is 3.18. The molecule has 0 fully saturated rings. The fourth-order valence-corrected chi connectivity index (χ4v) is 3.85. The molecule has 202 valence electrons. The molecule has 0 aliphatic heterocycles. The molecule has 38 heavy (non-hydrogen) atoms. The predicted octanol–water partition coefficient (Wildman–Crippen LogP) is 5.09. The number of hydrogen-bond acceptors (Lipinski definition) is 6. The zero-order chi connectivity index (χ0) is 28.2. The van der Waals surface area contributed by atoms with Crippen molar-refractivity contribution in [3.05, 3.63) is 63.4 Å². The Bertz CT molecular complexity index is 1380. The highest BCUT2D eigenvalue weighted by atomic mass is 35.5. The summed E-state index contributed by atoms with van der Waals surface area (Å²) in [6, 6.07) is 6.86. The third kappa shape index (κ3) is 7.55. The topological polar surface area (TPSA) is 110 Å². The van der Waals surface area contributed by atoms with E-state index in [1.807, 2.05) is 0 Å². The minimum atomic E-state index is -4.63. The summed E-state index contributed by atoms with van der Waals surface area (Å²) in [5, 5.41) is 12.1. The highest BCUT2D eigenvalue weighted by Gasteiger charge is 2.30. The maximum absolute atomic E-state index is 13.1. The summed E-state index contributed by atoms with van der Waals surface area (Å²) >= 11 is 17.6. The SMILES string of the molecule is Cc1cc(Cl)cc(C(=O)NC(C)C)c1NC(=S)NC(=O)c1cc(OCC(F)(F)F)nn1-c1ncccc1Cl. The van der Waals surface area contributed by atoms with Gasteiger partial charge in [0, 0.05) is 23.3 Å². The van der Waals surface area contributed by atoms with E-state index in [0.717, 1.165) is 10.7 Å². The van der Waals surface area contributed by atoms with Gasteiger partial charge in [-0.15, -0.1) is 5.10 Å². The van der Waals surface area contributed by atoms with Gasteiger partial charge >= 0.3 is 6.18 Å². The first-order valence-electron chi connectivity index (χ1n) is 10.9. The zero-order valence-corrected chi connectivity index (χ0v) is 22.4. The number of nitrogens with one attached hydrogen (secondary N) is 3. The predicted molar refractivity (Wildman–Crippen MR) is 140 cm³/mol. The average molecular weight is 589 g/mol. The highest BCUT2D eigenvalue weighted by Crippen LogP contribution is 2.27. The summed E-state index contributed by atoms with van der Waals surface area (Å²) in [5.74, 6) is -1.80. The fraction of sp³-hybridized carbons (Fsp3) is 0.261. The van der Waals surface area contributed by atoms with Crippen molar-refractivity contribution < 1.29 is 27.5 Å². The zero-order valence-electron chi connectivity index (χ0n) is 20.1. The Morgan fingerprint density at radius 1 is 1.18 bits per heavy atom. The van der Waals surface area contributed by atoms with E-state index >= 15 is 0 Å². The second kappa shape index (κ2) is 12.0. The van der Waals surface area contributed by atoms with Gasteiger partial charge in [-0.1, -0.05) is 23.2 Å². The standard InChI is InChI=1S/C23H21Cl2F3N6O3S/c1-11(2)30-20(35)14-8-13(24)7-12(3)18(14)31-22(38)32-21(36)16-9-17(37-10-23(26,27)28)33-34(16)19-15(25)5-4-6-29-19/h4-9,11H,10H2,1-3H3,(H,30,35)(H2,31,32,36,38). The molecular formula is C23H21Cl2F3N6O3S. The van der Waals surface area contributed by atoms with Crippen LogP contribution in [-0.4, -0.2) is 50.5 Å². The third-order valence-corrected chi connectivity index (χ3v) is 5.39. The molecule has 15 heteroatoms. The molecule has 2 heterocycles. The van der Waals surface area contributed by atoms with Crippen molar-refractivity contribution in [1.29, 1.82) is 0 Å². The van der Waals surface area contributed by atoms with Crippen LogP contribution in [0.25, 0.3) is 5.82 Å². The second-order valence-corrected chi connectivity index (χ2v) is 9.43. The largest absolute Gasteiger partial charge is 0.467 e. The molecule has 0 saturated carbocycles. The number of benzene rings is 1. The Kier molecular flexibility index (Phi) is 9.18. The van der Waals surface area contributed by atoms with Crippen LogP contribution in [0, 0.1) is 6.92 Å². The maximum Gasteiger partial charge on any atom is 0.422 e. The lowest BCUT2D eigenvalue weighted by molar-refractivity contribution is -0.154. The van der Waals surface area contributed by atoms with Crippen LogP contribution in [0.2, 0.25) is 10.0 Å². The van der Waals surface area contributed by atoms with Crippen molar-refractivity contribution in [2.45, 2.75) is 33.0 Å². The monoisotopic (exact) mass is 588 g/mol. The summed E-state index contributed by atoms with van der Waals surface area (Å²) in [6.45, 7) is 3.64. The van der Waals surface area contributed by atoms with Crippen LogP contribution in [0.4, 0.5) is 18.9 Å². The van der Waals surface area contributed by atoms with Crippen molar-refractivity contribution in [3.8, 4) is 11.7 Å². The molecule has 0 aliphatic carbocycles. The number of nitrogens with zero attached hydrogens (tertiary/aromatic N) is 3. The number of thiocarbonyl (C=S) groups is 1. The third-order valence-electron chi connectivity index (χ3n) is 4.67. The number of aromatic nitrogens is 3. The van der Waals surface area contributed by atoms with Gasteiger partial charge in [-0.2, -0.15) is 13.2 Å². The van der Waals surface area contributed by atoms with Crippen molar-refractivity contribution in [2.24, 2.45) is 0 Å². The number of anilines is 1. The van der Waals surface area contributed by atoms with E-state index in [4.69, 9.17) is 40.2 Å². The molecule has 3 N–H and O–H groups in total. The maximum atomic E-state index is 13.1. The number of carbonyl (C=O) groups is 2. The molecule has 0 unspecified atom stereocenters. The average Bonchev–Trinajstić information content (AvgIpc) is 3.23. The lowest BCUT2D eigenvalue weighted by Crippen LogP contribution is -2.37. The summed E-state index contributed by atoms with van der Waals surface area (Å²) in [4.78, 5) is 29.9. The summed E-state index contributed by atoms with van der Waals surface area (Å²) in [7, 11) is 0. The Balaban J connectivity index is 1.89. The van der Waals surface area contributed by atoms with Gasteiger partial charge in [0.2, 0.25) is 5.88 Å². The normalized spacial score (nSPS) is 11.3. The number of alkyl halides is 3. The number of carbonyl (C=O) groups excluding carboxylic acids is 2. The number of hydrogen-bond donors (Lipinski definition) is 3. The van der Waals surface area contributed by atoms with Gasteiger partial charge in [0.1, 0.15) is 5.69 Å². The van der Waals surface area contributed by atoms with Gasteiger partial charge in [0.05, 0.1) is 16.3 Å².